The van der Waals surface area contributed by atoms with Gasteiger partial charge in [0.15, 0.2) is 11.5 Å². The van der Waals surface area contributed by atoms with Crippen LogP contribution >= 0.6 is 0 Å². The van der Waals surface area contributed by atoms with Crippen LogP contribution in [0.2, 0.25) is 0 Å². The molecule has 1 aromatic carbocycles. The fourth-order valence-corrected chi connectivity index (χ4v) is 3.29. The summed E-state index contributed by atoms with van der Waals surface area (Å²) in [6.45, 7) is 5.35. The molecule has 6 nitrogen and oxygen atoms in total. The Balaban J connectivity index is 2.07. The number of hydrogen-bond acceptors (Lipinski definition) is 5. The number of likely N-dealkylation sites (N-methyl/N-ethyl adjacent to an activating group) is 1. The largest absolute Gasteiger partial charge is 0.493 e. The summed E-state index contributed by atoms with van der Waals surface area (Å²) in [7, 11) is 6.60. The Hall–Kier alpha value is -2.21. The first-order chi connectivity index (χ1) is 12.5. The molecule has 144 valence electrons. The van der Waals surface area contributed by atoms with E-state index in [2.05, 4.69) is 11.8 Å². The number of amides is 1. The molecular formula is C20H30N2O4. The minimum atomic E-state index is 0.00806. The summed E-state index contributed by atoms with van der Waals surface area (Å²) < 4.78 is 16.0. The molecule has 1 amide bonds. The lowest BCUT2D eigenvalue weighted by molar-refractivity contribution is -0.127. The van der Waals surface area contributed by atoms with Gasteiger partial charge in [0.1, 0.15) is 0 Å². The second-order valence-corrected chi connectivity index (χ2v) is 6.41. The van der Waals surface area contributed by atoms with Crippen LogP contribution in [0.1, 0.15) is 25.3 Å². The zero-order valence-electron chi connectivity index (χ0n) is 16.4. The smallest absolute Gasteiger partial charge is 0.246 e. The summed E-state index contributed by atoms with van der Waals surface area (Å²) in [5, 5.41) is 0. The SMILES string of the molecule is CCN1CCC(N(C)C(=O)/C=C/c2cc(OC)c(OC)c(OC)c2)CC1. The van der Waals surface area contributed by atoms with E-state index in [1.807, 2.05) is 24.1 Å². The third-order valence-corrected chi connectivity index (χ3v) is 5.01. The van der Waals surface area contributed by atoms with Gasteiger partial charge in [-0.2, -0.15) is 0 Å². The molecule has 26 heavy (non-hydrogen) atoms. The molecule has 0 radical (unpaired) electrons. The van der Waals surface area contributed by atoms with E-state index in [9.17, 15) is 4.79 Å². The Morgan fingerprint density at radius 2 is 1.73 bits per heavy atom. The van der Waals surface area contributed by atoms with E-state index >= 15 is 0 Å². The first-order valence-corrected chi connectivity index (χ1v) is 9.01. The number of rotatable bonds is 7. The molecule has 1 aliphatic rings. The van der Waals surface area contributed by atoms with Crippen molar-refractivity contribution in [1.82, 2.24) is 9.80 Å². The van der Waals surface area contributed by atoms with Crippen LogP contribution in [0.4, 0.5) is 0 Å². The van der Waals surface area contributed by atoms with Gasteiger partial charge < -0.3 is 24.0 Å². The minimum Gasteiger partial charge on any atom is -0.493 e. The summed E-state index contributed by atoms with van der Waals surface area (Å²) >= 11 is 0. The van der Waals surface area contributed by atoms with Crippen molar-refractivity contribution < 1.29 is 19.0 Å². The summed E-state index contributed by atoms with van der Waals surface area (Å²) in [5.74, 6) is 1.69. The van der Waals surface area contributed by atoms with Crippen LogP contribution in [0.3, 0.4) is 0 Å². The number of piperidine rings is 1. The third kappa shape index (κ3) is 4.69. The fraction of sp³-hybridized carbons (Fsp3) is 0.550. The summed E-state index contributed by atoms with van der Waals surface area (Å²) in [6.07, 6.45) is 5.43. The van der Waals surface area contributed by atoms with E-state index in [-0.39, 0.29) is 5.91 Å². The van der Waals surface area contributed by atoms with Crippen molar-refractivity contribution in [2.24, 2.45) is 0 Å². The van der Waals surface area contributed by atoms with Crippen LogP contribution in [0.15, 0.2) is 18.2 Å². The van der Waals surface area contributed by atoms with Gasteiger partial charge in [-0.3, -0.25) is 4.79 Å². The van der Waals surface area contributed by atoms with Gasteiger partial charge in [-0.25, -0.2) is 0 Å². The van der Waals surface area contributed by atoms with Gasteiger partial charge in [0.05, 0.1) is 21.3 Å². The number of carbonyl (C=O) groups excluding carboxylic acids is 1. The molecule has 0 bridgehead atoms. The maximum absolute atomic E-state index is 12.5. The Kier molecular flexibility index (Phi) is 7.33. The molecular weight excluding hydrogens is 332 g/mol. The number of nitrogens with zero attached hydrogens (tertiary/aromatic N) is 2. The molecule has 1 heterocycles. The van der Waals surface area contributed by atoms with Crippen LogP contribution in [0, 0.1) is 0 Å². The predicted octanol–water partition coefficient (Wildman–Crippen LogP) is 2.67. The van der Waals surface area contributed by atoms with Crippen LogP contribution in [0.25, 0.3) is 6.08 Å². The summed E-state index contributed by atoms with van der Waals surface area (Å²) in [6, 6.07) is 3.95. The molecule has 0 atom stereocenters. The van der Waals surface area contributed by atoms with Gasteiger partial charge in [-0.1, -0.05) is 6.92 Å². The van der Waals surface area contributed by atoms with E-state index in [0.29, 0.717) is 23.3 Å². The Morgan fingerprint density at radius 3 is 2.19 bits per heavy atom. The average molecular weight is 362 g/mol. The van der Waals surface area contributed by atoms with Gasteiger partial charge in [-0.05, 0) is 43.2 Å². The zero-order valence-corrected chi connectivity index (χ0v) is 16.4. The van der Waals surface area contributed by atoms with Crippen molar-refractivity contribution in [3.8, 4) is 17.2 Å². The third-order valence-electron chi connectivity index (χ3n) is 5.01. The van der Waals surface area contributed by atoms with Gasteiger partial charge in [-0.15, -0.1) is 0 Å². The van der Waals surface area contributed by atoms with Gasteiger partial charge >= 0.3 is 0 Å². The molecule has 0 N–H and O–H groups in total. The van der Waals surface area contributed by atoms with Crippen molar-refractivity contribution in [3.63, 3.8) is 0 Å². The van der Waals surface area contributed by atoms with Crippen molar-refractivity contribution in [2.75, 3.05) is 48.0 Å². The Bertz CT molecular complexity index is 612. The second-order valence-electron chi connectivity index (χ2n) is 6.41. The number of hydrogen-bond donors (Lipinski definition) is 0. The van der Waals surface area contributed by atoms with Crippen molar-refractivity contribution >= 4 is 12.0 Å². The highest BCUT2D eigenvalue weighted by Gasteiger charge is 2.23. The highest BCUT2D eigenvalue weighted by Crippen LogP contribution is 2.38. The fourth-order valence-electron chi connectivity index (χ4n) is 3.29. The summed E-state index contributed by atoms with van der Waals surface area (Å²) in [4.78, 5) is 16.8. The molecule has 1 saturated heterocycles. The highest BCUT2D eigenvalue weighted by atomic mass is 16.5. The Morgan fingerprint density at radius 1 is 1.15 bits per heavy atom. The molecule has 2 rings (SSSR count). The van der Waals surface area contributed by atoms with E-state index in [0.717, 1.165) is 38.0 Å². The number of methoxy groups -OCH3 is 3. The first kappa shape index (κ1) is 20.1. The zero-order chi connectivity index (χ0) is 19.1. The van der Waals surface area contributed by atoms with Crippen LogP contribution in [0.5, 0.6) is 17.2 Å². The standard InChI is InChI=1S/C20H30N2O4/c1-6-22-11-9-16(10-12-22)21(2)19(23)8-7-15-13-17(24-3)20(26-5)18(14-15)25-4/h7-8,13-14,16H,6,9-12H2,1-5H3/b8-7+. The van der Waals surface area contributed by atoms with E-state index < -0.39 is 0 Å². The number of benzene rings is 1. The highest BCUT2D eigenvalue weighted by molar-refractivity contribution is 5.92. The molecule has 0 unspecified atom stereocenters. The average Bonchev–Trinajstić information content (AvgIpc) is 2.70. The minimum absolute atomic E-state index is 0.00806. The Labute approximate surface area is 156 Å². The monoisotopic (exact) mass is 362 g/mol. The van der Waals surface area contributed by atoms with Crippen LogP contribution < -0.4 is 14.2 Å². The molecule has 1 aromatic rings. The van der Waals surface area contributed by atoms with Crippen molar-refractivity contribution in [1.29, 1.82) is 0 Å². The maximum Gasteiger partial charge on any atom is 0.246 e. The molecule has 1 aliphatic heterocycles. The lowest BCUT2D eigenvalue weighted by Gasteiger charge is -2.35. The van der Waals surface area contributed by atoms with Crippen LogP contribution in [-0.2, 0) is 4.79 Å². The van der Waals surface area contributed by atoms with Gasteiger partial charge in [0, 0.05) is 32.3 Å². The summed E-state index contributed by atoms with van der Waals surface area (Å²) in [5.41, 5.74) is 0.821. The number of likely N-dealkylation sites (tertiary alicyclic amines) is 1. The van der Waals surface area contributed by atoms with E-state index in [1.165, 1.54) is 0 Å². The van der Waals surface area contributed by atoms with Gasteiger partial charge in [0.2, 0.25) is 11.7 Å². The first-order valence-electron chi connectivity index (χ1n) is 9.01. The second kappa shape index (κ2) is 9.48. The van der Waals surface area contributed by atoms with E-state index in [4.69, 9.17) is 14.2 Å². The predicted molar refractivity (Wildman–Crippen MR) is 103 cm³/mol. The van der Waals surface area contributed by atoms with Crippen molar-refractivity contribution in [3.05, 3.63) is 23.8 Å². The quantitative estimate of drug-likeness (QED) is 0.698. The molecule has 0 saturated carbocycles. The number of ether oxygens (including phenoxy) is 3. The van der Waals surface area contributed by atoms with Crippen LogP contribution in [-0.4, -0.2) is 69.8 Å². The lowest BCUT2D eigenvalue weighted by atomic mass is 10.0. The molecule has 0 spiro atoms. The van der Waals surface area contributed by atoms with Gasteiger partial charge in [0.25, 0.3) is 0 Å². The lowest BCUT2D eigenvalue weighted by Crippen LogP contribution is -2.45. The number of carbonyl (C=O) groups is 1. The maximum atomic E-state index is 12.5. The molecule has 6 heteroatoms. The molecule has 0 aliphatic carbocycles. The molecule has 1 fully saturated rings. The van der Waals surface area contributed by atoms with E-state index in [1.54, 1.807) is 33.5 Å². The molecule has 0 aromatic heterocycles. The van der Waals surface area contributed by atoms with Crippen molar-refractivity contribution in [2.45, 2.75) is 25.8 Å². The normalized spacial score (nSPS) is 15.9. The topological polar surface area (TPSA) is 51.2 Å².